The molecule has 0 aliphatic heterocycles. The van der Waals surface area contributed by atoms with Crippen LogP contribution in [0.15, 0.2) is 18.2 Å². The Morgan fingerprint density at radius 3 is 2.84 bits per heavy atom. The quantitative estimate of drug-likeness (QED) is 0.862. The van der Waals surface area contributed by atoms with E-state index < -0.39 is 0 Å². The fourth-order valence-corrected chi connectivity index (χ4v) is 2.68. The molecule has 4 heteroatoms. The molecule has 19 heavy (non-hydrogen) atoms. The van der Waals surface area contributed by atoms with E-state index in [0.29, 0.717) is 17.2 Å². The monoisotopic (exact) mass is 278 g/mol. The molecule has 1 aliphatic carbocycles. The molecule has 0 spiro atoms. The minimum absolute atomic E-state index is 0.120. The fraction of sp³-hybridized carbons (Fsp3) is 0.533. The second kappa shape index (κ2) is 6.91. The van der Waals surface area contributed by atoms with E-state index in [9.17, 15) is 0 Å². The molecule has 0 heterocycles. The van der Waals surface area contributed by atoms with Crippen molar-refractivity contribution in [1.82, 2.24) is 0 Å². The molecule has 0 amide bonds. The lowest BCUT2D eigenvalue weighted by atomic mass is 10.1. The summed E-state index contributed by atoms with van der Waals surface area (Å²) in [7, 11) is 0. The molecule has 1 aromatic rings. The summed E-state index contributed by atoms with van der Waals surface area (Å²) in [6.07, 6.45) is 5.79. The summed E-state index contributed by atoms with van der Waals surface area (Å²) in [5.41, 5.74) is 7.61. The number of nitrogens with zero attached hydrogens (tertiary/aromatic N) is 1. The maximum Gasteiger partial charge on any atom is 0.0992 e. The smallest absolute Gasteiger partial charge is 0.0992 e. The van der Waals surface area contributed by atoms with E-state index in [1.54, 1.807) is 12.1 Å². The first-order valence-electron chi connectivity index (χ1n) is 6.76. The van der Waals surface area contributed by atoms with Gasteiger partial charge in [-0.3, -0.25) is 0 Å². The maximum absolute atomic E-state index is 8.80. The summed E-state index contributed by atoms with van der Waals surface area (Å²) in [4.78, 5) is 0. The SMILES string of the molecule is N#Cc1ccc(COC2CCCCCC2N)c(Cl)c1. The van der Waals surface area contributed by atoms with E-state index in [2.05, 4.69) is 6.07 Å². The van der Waals surface area contributed by atoms with Crippen LogP contribution < -0.4 is 5.73 Å². The van der Waals surface area contributed by atoms with Crippen LogP contribution in [0.25, 0.3) is 0 Å². The zero-order chi connectivity index (χ0) is 13.7. The number of hydrogen-bond donors (Lipinski definition) is 1. The lowest BCUT2D eigenvalue weighted by Gasteiger charge is -2.22. The van der Waals surface area contributed by atoms with Gasteiger partial charge in [0.15, 0.2) is 0 Å². The zero-order valence-electron chi connectivity index (χ0n) is 10.9. The number of ether oxygens (including phenoxy) is 1. The molecule has 2 atom stereocenters. The average Bonchev–Trinajstić information content (AvgIpc) is 2.62. The number of hydrogen-bond acceptors (Lipinski definition) is 3. The molecular weight excluding hydrogens is 260 g/mol. The van der Waals surface area contributed by atoms with Gasteiger partial charge in [0.25, 0.3) is 0 Å². The van der Waals surface area contributed by atoms with E-state index in [1.807, 2.05) is 6.07 Å². The van der Waals surface area contributed by atoms with Gasteiger partial charge in [-0.1, -0.05) is 36.9 Å². The molecular formula is C15H19ClN2O. The minimum atomic E-state index is 0.120. The average molecular weight is 279 g/mol. The molecule has 0 radical (unpaired) electrons. The van der Waals surface area contributed by atoms with Crippen molar-refractivity contribution in [3.05, 3.63) is 34.3 Å². The second-order valence-corrected chi connectivity index (χ2v) is 5.48. The number of benzene rings is 1. The second-order valence-electron chi connectivity index (χ2n) is 5.07. The van der Waals surface area contributed by atoms with Crippen LogP contribution in [0.2, 0.25) is 5.02 Å². The number of nitriles is 1. The Kier molecular flexibility index (Phi) is 5.21. The first kappa shape index (κ1) is 14.3. The summed E-state index contributed by atoms with van der Waals surface area (Å²) in [5.74, 6) is 0. The lowest BCUT2D eigenvalue weighted by molar-refractivity contribution is 0.0195. The summed E-state index contributed by atoms with van der Waals surface area (Å²) >= 11 is 6.13. The Bertz CT molecular complexity index is 470. The predicted molar refractivity (Wildman–Crippen MR) is 75.8 cm³/mol. The normalized spacial score (nSPS) is 23.6. The van der Waals surface area contributed by atoms with E-state index in [1.165, 1.54) is 19.3 Å². The Morgan fingerprint density at radius 1 is 1.32 bits per heavy atom. The van der Waals surface area contributed by atoms with Gasteiger partial charge in [-0.05, 0) is 30.5 Å². The Morgan fingerprint density at radius 2 is 2.11 bits per heavy atom. The van der Waals surface area contributed by atoms with Crippen molar-refractivity contribution in [3.63, 3.8) is 0 Å². The molecule has 1 aliphatic rings. The summed E-state index contributed by atoms with van der Waals surface area (Å²) < 4.78 is 5.92. The van der Waals surface area contributed by atoms with E-state index in [-0.39, 0.29) is 12.1 Å². The highest BCUT2D eigenvalue weighted by Crippen LogP contribution is 2.23. The summed E-state index contributed by atoms with van der Waals surface area (Å²) in [5, 5.41) is 9.38. The van der Waals surface area contributed by atoms with Crippen molar-refractivity contribution in [2.75, 3.05) is 0 Å². The number of rotatable bonds is 3. The van der Waals surface area contributed by atoms with Crippen molar-refractivity contribution in [1.29, 1.82) is 5.26 Å². The molecule has 102 valence electrons. The Hall–Kier alpha value is -1.08. The van der Waals surface area contributed by atoms with Gasteiger partial charge in [0.1, 0.15) is 0 Å². The molecule has 1 fully saturated rings. The predicted octanol–water partition coefficient (Wildman–Crippen LogP) is 3.39. The van der Waals surface area contributed by atoms with E-state index in [4.69, 9.17) is 27.3 Å². The van der Waals surface area contributed by atoms with Crippen LogP contribution in [0.1, 0.15) is 43.2 Å². The van der Waals surface area contributed by atoms with Crippen molar-refractivity contribution in [2.45, 2.75) is 50.9 Å². The molecule has 2 unspecified atom stereocenters. The molecule has 0 bridgehead atoms. The number of halogens is 1. The third-order valence-electron chi connectivity index (χ3n) is 3.64. The van der Waals surface area contributed by atoms with Crippen molar-refractivity contribution >= 4 is 11.6 Å². The minimum Gasteiger partial charge on any atom is -0.372 e. The molecule has 3 nitrogen and oxygen atoms in total. The van der Waals surface area contributed by atoms with Crippen molar-refractivity contribution in [3.8, 4) is 6.07 Å². The summed E-state index contributed by atoms with van der Waals surface area (Å²) in [6.45, 7) is 0.461. The zero-order valence-corrected chi connectivity index (χ0v) is 11.7. The van der Waals surface area contributed by atoms with Crippen LogP contribution >= 0.6 is 11.6 Å². The van der Waals surface area contributed by atoms with Gasteiger partial charge in [0, 0.05) is 11.1 Å². The topological polar surface area (TPSA) is 59.0 Å². The summed E-state index contributed by atoms with van der Waals surface area (Å²) in [6, 6.07) is 7.48. The van der Waals surface area contributed by atoms with Gasteiger partial charge in [0.2, 0.25) is 0 Å². The van der Waals surface area contributed by atoms with Crippen LogP contribution in [-0.2, 0) is 11.3 Å². The van der Waals surface area contributed by atoms with Crippen molar-refractivity contribution in [2.24, 2.45) is 5.73 Å². The van der Waals surface area contributed by atoms with Crippen LogP contribution in [0.3, 0.4) is 0 Å². The van der Waals surface area contributed by atoms with Crippen molar-refractivity contribution < 1.29 is 4.74 Å². The standard InChI is InChI=1S/C15H19ClN2O/c16-13-8-11(9-17)6-7-12(13)10-19-15-5-3-1-2-4-14(15)18/h6-8,14-15H,1-5,10,18H2. The van der Waals surface area contributed by atoms with Gasteiger partial charge in [0.05, 0.1) is 24.3 Å². The van der Waals surface area contributed by atoms with Crippen LogP contribution in [0, 0.1) is 11.3 Å². The number of nitrogens with two attached hydrogens (primary N) is 1. The highest BCUT2D eigenvalue weighted by Gasteiger charge is 2.21. The van der Waals surface area contributed by atoms with Gasteiger partial charge in [-0.2, -0.15) is 5.26 Å². The molecule has 2 N–H and O–H groups in total. The Labute approximate surface area is 119 Å². The first-order valence-corrected chi connectivity index (χ1v) is 7.14. The molecule has 1 aromatic carbocycles. The van der Waals surface area contributed by atoms with Crippen LogP contribution in [0.4, 0.5) is 0 Å². The lowest BCUT2D eigenvalue weighted by Crippen LogP contribution is -2.35. The van der Waals surface area contributed by atoms with Crippen LogP contribution in [-0.4, -0.2) is 12.1 Å². The van der Waals surface area contributed by atoms with Gasteiger partial charge < -0.3 is 10.5 Å². The fourth-order valence-electron chi connectivity index (χ4n) is 2.44. The molecule has 2 rings (SSSR count). The van der Waals surface area contributed by atoms with Crippen LogP contribution in [0.5, 0.6) is 0 Å². The van der Waals surface area contributed by atoms with Gasteiger partial charge >= 0.3 is 0 Å². The molecule has 0 aromatic heterocycles. The van der Waals surface area contributed by atoms with Gasteiger partial charge in [-0.15, -0.1) is 0 Å². The van der Waals surface area contributed by atoms with E-state index in [0.717, 1.165) is 18.4 Å². The molecule has 1 saturated carbocycles. The maximum atomic E-state index is 8.80. The Balaban J connectivity index is 1.96. The molecule has 0 saturated heterocycles. The largest absolute Gasteiger partial charge is 0.372 e. The van der Waals surface area contributed by atoms with Gasteiger partial charge in [-0.25, -0.2) is 0 Å². The first-order chi connectivity index (χ1) is 9.20. The highest BCUT2D eigenvalue weighted by atomic mass is 35.5. The third kappa shape index (κ3) is 3.94. The third-order valence-corrected chi connectivity index (χ3v) is 3.99. The highest BCUT2D eigenvalue weighted by molar-refractivity contribution is 6.31. The van der Waals surface area contributed by atoms with E-state index >= 15 is 0 Å².